The lowest BCUT2D eigenvalue weighted by Gasteiger charge is -2.03. The van der Waals surface area contributed by atoms with Crippen molar-refractivity contribution in [1.82, 2.24) is 9.97 Å². The van der Waals surface area contributed by atoms with E-state index in [1.165, 1.54) is 6.07 Å². The van der Waals surface area contributed by atoms with Gasteiger partial charge in [0.2, 0.25) is 0 Å². The van der Waals surface area contributed by atoms with Crippen LogP contribution in [0.1, 0.15) is 5.56 Å². The minimum absolute atomic E-state index is 0.202. The summed E-state index contributed by atoms with van der Waals surface area (Å²) >= 11 is 4.92. The summed E-state index contributed by atoms with van der Waals surface area (Å²) < 4.78 is 13.5. The van der Waals surface area contributed by atoms with Gasteiger partial charge in [0, 0.05) is 11.9 Å². The molecule has 0 aliphatic carbocycles. The van der Waals surface area contributed by atoms with E-state index in [1.54, 1.807) is 25.3 Å². The molecule has 0 aliphatic heterocycles. The second-order valence-electron chi connectivity index (χ2n) is 3.25. The van der Waals surface area contributed by atoms with Gasteiger partial charge in [-0.2, -0.15) is 0 Å². The van der Waals surface area contributed by atoms with Crippen LogP contribution >= 0.6 is 12.2 Å². The fourth-order valence-corrected chi connectivity index (χ4v) is 1.52. The van der Waals surface area contributed by atoms with Crippen molar-refractivity contribution in [2.45, 2.75) is 6.92 Å². The lowest BCUT2D eigenvalue weighted by Crippen LogP contribution is -1.88. The van der Waals surface area contributed by atoms with Gasteiger partial charge < -0.3 is 4.98 Å². The highest BCUT2D eigenvalue weighted by Crippen LogP contribution is 2.18. The lowest BCUT2D eigenvalue weighted by molar-refractivity contribution is 0.619. The molecule has 76 valence electrons. The second-order valence-corrected chi connectivity index (χ2v) is 3.64. The molecule has 1 N–H and O–H groups in total. The van der Waals surface area contributed by atoms with E-state index in [-0.39, 0.29) is 5.82 Å². The molecular weight excluding hydrogens is 211 g/mol. The molecule has 4 heteroatoms. The molecule has 2 aromatic rings. The number of hydrogen-bond acceptors (Lipinski definition) is 2. The highest BCUT2D eigenvalue weighted by molar-refractivity contribution is 7.71. The van der Waals surface area contributed by atoms with Crippen molar-refractivity contribution in [2.24, 2.45) is 0 Å². The van der Waals surface area contributed by atoms with Crippen LogP contribution in [0.2, 0.25) is 0 Å². The SMILES string of the molecule is Cc1cc(-c2ccnc(=S)[nH]2)ccc1F. The van der Waals surface area contributed by atoms with Crippen molar-refractivity contribution >= 4 is 12.2 Å². The Hall–Kier alpha value is -1.55. The van der Waals surface area contributed by atoms with Crippen LogP contribution in [0.25, 0.3) is 11.3 Å². The summed E-state index contributed by atoms with van der Waals surface area (Å²) in [6.07, 6.45) is 1.63. The maximum atomic E-state index is 13.1. The maximum absolute atomic E-state index is 13.1. The topological polar surface area (TPSA) is 28.7 Å². The van der Waals surface area contributed by atoms with E-state index in [0.717, 1.165) is 11.3 Å². The highest BCUT2D eigenvalue weighted by Gasteiger charge is 2.01. The number of H-pyrrole nitrogens is 1. The Bertz CT molecular complexity index is 548. The van der Waals surface area contributed by atoms with Crippen LogP contribution in [-0.2, 0) is 0 Å². The van der Waals surface area contributed by atoms with Gasteiger partial charge in [-0.25, -0.2) is 9.37 Å². The van der Waals surface area contributed by atoms with Crippen LogP contribution in [0.15, 0.2) is 30.5 Å². The number of rotatable bonds is 1. The van der Waals surface area contributed by atoms with Crippen LogP contribution in [0.5, 0.6) is 0 Å². The Balaban J connectivity index is 2.55. The molecule has 2 rings (SSSR count). The summed E-state index contributed by atoms with van der Waals surface area (Å²) in [6, 6.07) is 6.74. The fraction of sp³-hybridized carbons (Fsp3) is 0.0909. The van der Waals surface area contributed by atoms with Crippen LogP contribution in [0.4, 0.5) is 4.39 Å². The zero-order valence-electron chi connectivity index (χ0n) is 8.12. The summed E-state index contributed by atoms with van der Waals surface area (Å²) in [4.78, 5) is 6.84. The predicted molar refractivity (Wildman–Crippen MR) is 59.6 cm³/mol. The monoisotopic (exact) mass is 220 g/mol. The van der Waals surface area contributed by atoms with E-state index in [9.17, 15) is 4.39 Å². The molecule has 15 heavy (non-hydrogen) atoms. The fourth-order valence-electron chi connectivity index (χ4n) is 1.35. The molecule has 2 nitrogen and oxygen atoms in total. The van der Waals surface area contributed by atoms with Crippen LogP contribution in [0.3, 0.4) is 0 Å². The van der Waals surface area contributed by atoms with E-state index in [4.69, 9.17) is 12.2 Å². The number of halogens is 1. The molecule has 0 amide bonds. The molecule has 0 atom stereocenters. The molecule has 0 radical (unpaired) electrons. The average Bonchev–Trinajstić information content (AvgIpc) is 2.22. The Morgan fingerprint density at radius 3 is 2.80 bits per heavy atom. The van der Waals surface area contributed by atoms with Gasteiger partial charge in [-0.3, -0.25) is 0 Å². The number of aromatic nitrogens is 2. The van der Waals surface area contributed by atoms with Crippen molar-refractivity contribution in [3.63, 3.8) is 0 Å². The second kappa shape index (κ2) is 3.90. The van der Waals surface area contributed by atoms with Crippen molar-refractivity contribution < 1.29 is 4.39 Å². The Morgan fingerprint density at radius 2 is 2.13 bits per heavy atom. The largest absolute Gasteiger partial charge is 0.330 e. The number of benzene rings is 1. The molecule has 0 saturated heterocycles. The lowest BCUT2D eigenvalue weighted by atomic mass is 10.1. The molecule has 0 aliphatic rings. The first kappa shape index (κ1) is 9.98. The van der Waals surface area contributed by atoms with Crippen LogP contribution in [0, 0.1) is 17.5 Å². The van der Waals surface area contributed by atoms with E-state index < -0.39 is 0 Å². The minimum atomic E-state index is -0.202. The zero-order valence-corrected chi connectivity index (χ0v) is 8.94. The molecule has 0 spiro atoms. The maximum Gasteiger partial charge on any atom is 0.197 e. The molecule has 0 unspecified atom stereocenters. The summed E-state index contributed by atoms with van der Waals surface area (Å²) in [7, 11) is 0. The van der Waals surface area contributed by atoms with Gasteiger partial charge in [-0.15, -0.1) is 0 Å². The number of nitrogens with zero attached hydrogens (tertiary/aromatic N) is 1. The minimum Gasteiger partial charge on any atom is -0.330 e. The number of hydrogen-bond donors (Lipinski definition) is 1. The van der Waals surface area contributed by atoms with Crippen molar-refractivity contribution in [3.05, 3.63) is 46.6 Å². The standard InChI is InChI=1S/C11H9FN2S/c1-7-6-8(2-3-9(7)12)10-4-5-13-11(15)14-10/h2-6H,1H3,(H,13,14,15). The zero-order chi connectivity index (χ0) is 10.8. The third kappa shape index (κ3) is 2.10. The number of aromatic amines is 1. The summed E-state index contributed by atoms with van der Waals surface area (Å²) in [5.74, 6) is -0.202. The van der Waals surface area contributed by atoms with Gasteiger partial charge in [0.15, 0.2) is 4.77 Å². The molecule has 0 fully saturated rings. The van der Waals surface area contributed by atoms with Crippen molar-refractivity contribution in [2.75, 3.05) is 0 Å². The summed E-state index contributed by atoms with van der Waals surface area (Å²) in [6.45, 7) is 1.73. The first-order valence-electron chi connectivity index (χ1n) is 4.48. The van der Waals surface area contributed by atoms with Crippen molar-refractivity contribution in [1.29, 1.82) is 0 Å². The highest BCUT2D eigenvalue weighted by atomic mass is 32.1. The molecule has 1 aromatic carbocycles. The van der Waals surface area contributed by atoms with E-state index >= 15 is 0 Å². The van der Waals surface area contributed by atoms with E-state index in [0.29, 0.717) is 10.3 Å². The first-order valence-corrected chi connectivity index (χ1v) is 4.89. The summed E-state index contributed by atoms with van der Waals surface area (Å²) in [5, 5.41) is 0. The molecule has 0 bridgehead atoms. The molecule has 0 saturated carbocycles. The van der Waals surface area contributed by atoms with Gasteiger partial charge in [0.25, 0.3) is 0 Å². The Kier molecular flexibility index (Phi) is 2.60. The van der Waals surface area contributed by atoms with Gasteiger partial charge in [-0.1, -0.05) is 0 Å². The predicted octanol–water partition coefficient (Wildman–Crippen LogP) is 3.25. The molecule has 1 heterocycles. The Morgan fingerprint density at radius 1 is 1.33 bits per heavy atom. The molecule has 1 aromatic heterocycles. The average molecular weight is 220 g/mol. The van der Waals surface area contributed by atoms with Gasteiger partial charge in [0.1, 0.15) is 5.82 Å². The third-order valence-corrected chi connectivity index (χ3v) is 2.35. The number of aryl methyl sites for hydroxylation is 1. The van der Waals surface area contributed by atoms with Gasteiger partial charge >= 0.3 is 0 Å². The Labute approximate surface area is 91.8 Å². The molecular formula is C11H9FN2S. The quantitative estimate of drug-likeness (QED) is 0.747. The van der Waals surface area contributed by atoms with E-state index in [1.807, 2.05) is 6.07 Å². The number of nitrogens with one attached hydrogen (secondary N) is 1. The third-order valence-electron chi connectivity index (χ3n) is 2.14. The first-order chi connectivity index (χ1) is 7.16. The van der Waals surface area contributed by atoms with Gasteiger partial charge in [-0.05, 0) is 54.5 Å². The van der Waals surface area contributed by atoms with Crippen LogP contribution in [-0.4, -0.2) is 9.97 Å². The summed E-state index contributed by atoms with van der Waals surface area (Å²) in [5.41, 5.74) is 2.36. The normalized spacial score (nSPS) is 10.3. The smallest absolute Gasteiger partial charge is 0.197 e. The van der Waals surface area contributed by atoms with Crippen LogP contribution < -0.4 is 0 Å². The van der Waals surface area contributed by atoms with E-state index in [2.05, 4.69) is 9.97 Å². The van der Waals surface area contributed by atoms with Crippen molar-refractivity contribution in [3.8, 4) is 11.3 Å². The van der Waals surface area contributed by atoms with Gasteiger partial charge in [0.05, 0.1) is 0 Å².